The SMILES string of the molecule is O=c1[nH]cncc1-c1ccc(C(F)(F)F)cc1Cl. The van der Waals surface area contributed by atoms with E-state index in [1.165, 1.54) is 12.5 Å². The highest BCUT2D eigenvalue weighted by Crippen LogP contribution is 2.34. The molecule has 0 aliphatic carbocycles. The average molecular weight is 275 g/mol. The van der Waals surface area contributed by atoms with Gasteiger partial charge in [0.1, 0.15) is 0 Å². The van der Waals surface area contributed by atoms with Crippen LogP contribution in [0.5, 0.6) is 0 Å². The minimum atomic E-state index is -4.47. The van der Waals surface area contributed by atoms with Gasteiger partial charge in [0.25, 0.3) is 5.56 Å². The lowest BCUT2D eigenvalue weighted by Crippen LogP contribution is -2.09. The summed E-state index contributed by atoms with van der Waals surface area (Å²) in [6.45, 7) is 0. The van der Waals surface area contributed by atoms with Crippen LogP contribution in [0, 0.1) is 0 Å². The Morgan fingerprint density at radius 3 is 2.50 bits per heavy atom. The van der Waals surface area contributed by atoms with Crippen LogP contribution in [0.3, 0.4) is 0 Å². The normalized spacial score (nSPS) is 11.6. The third kappa shape index (κ3) is 2.38. The monoisotopic (exact) mass is 274 g/mol. The molecule has 1 aromatic carbocycles. The fraction of sp³-hybridized carbons (Fsp3) is 0.0909. The Balaban J connectivity index is 2.56. The maximum absolute atomic E-state index is 12.4. The van der Waals surface area contributed by atoms with Crippen molar-refractivity contribution in [2.75, 3.05) is 0 Å². The Bertz CT molecular complexity index is 637. The topological polar surface area (TPSA) is 45.8 Å². The summed E-state index contributed by atoms with van der Waals surface area (Å²) in [6, 6.07) is 2.80. The molecule has 7 heteroatoms. The Labute approximate surface area is 104 Å². The molecule has 3 nitrogen and oxygen atoms in total. The Hall–Kier alpha value is -1.82. The number of hydrogen-bond acceptors (Lipinski definition) is 2. The predicted molar refractivity (Wildman–Crippen MR) is 60.3 cm³/mol. The number of aromatic nitrogens is 2. The van der Waals surface area contributed by atoms with Gasteiger partial charge in [-0.25, -0.2) is 4.98 Å². The highest BCUT2D eigenvalue weighted by atomic mass is 35.5. The van der Waals surface area contributed by atoms with E-state index >= 15 is 0 Å². The zero-order valence-electron chi connectivity index (χ0n) is 8.75. The highest BCUT2D eigenvalue weighted by Gasteiger charge is 2.31. The predicted octanol–water partition coefficient (Wildman–Crippen LogP) is 3.11. The van der Waals surface area contributed by atoms with E-state index in [0.717, 1.165) is 18.2 Å². The molecule has 0 saturated heterocycles. The number of hydrogen-bond donors (Lipinski definition) is 1. The third-order valence-corrected chi connectivity index (χ3v) is 2.62. The first-order valence-corrected chi connectivity index (χ1v) is 5.17. The Morgan fingerprint density at radius 1 is 1.22 bits per heavy atom. The summed E-state index contributed by atoms with van der Waals surface area (Å²) in [4.78, 5) is 17.5. The molecule has 1 heterocycles. The van der Waals surface area contributed by atoms with Crippen molar-refractivity contribution < 1.29 is 13.2 Å². The molecule has 0 saturated carbocycles. The van der Waals surface area contributed by atoms with Gasteiger partial charge in [0, 0.05) is 16.8 Å². The molecule has 2 aromatic rings. The minimum Gasteiger partial charge on any atom is -0.313 e. The fourth-order valence-corrected chi connectivity index (χ4v) is 1.73. The third-order valence-electron chi connectivity index (χ3n) is 2.31. The second kappa shape index (κ2) is 4.45. The highest BCUT2D eigenvalue weighted by molar-refractivity contribution is 6.33. The molecule has 0 unspecified atom stereocenters. The molecule has 0 bridgehead atoms. The lowest BCUT2D eigenvalue weighted by Gasteiger charge is -2.09. The van der Waals surface area contributed by atoms with Crippen LogP contribution in [0.4, 0.5) is 13.2 Å². The molecule has 0 fully saturated rings. The number of halogens is 4. The van der Waals surface area contributed by atoms with E-state index in [9.17, 15) is 18.0 Å². The second-order valence-electron chi connectivity index (χ2n) is 3.49. The van der Waals surface area contributed by atoms with E-state index in [4.69, 9.17) is 11.6 Å². The largest absolute Gasteiger partial charge is 0.416 e. The molecule has 0 radical (unpaired) electrons. The van der Waals surface area contributed by atoms with E-state index in [1.807, 2.05) is 0 Å². The molecular formula is C11H6ClF3N2O. The number of nitrogens with zero attached hydrogens (tertiary/aromatic N) is 1. The van der Waals surface area contributed by atoms with Crippen molar-refractivity contribution in [2.45, 2.75) is 6.18 Å². The molecule has 2 rings (SSSR count). The first-order valence-electron chi connectivity index (χ1n) is 4.79. The van der Waals surface area contributed by atoms with Gasteiger partial charge >= 0.3 is 6.18 Å². The summed E-state index contributed by atoms with van der Waals surface area (Å²) in [5, 5.41) is -0.150. The zero-order chi connectivity index (χ0) is 13.3. The van der Waals surface area contributed by atoms with Gasteiger partial charge in [0.15, 0.2) is 0 Å². The van der Waals surface area contributed by atoms with E-state index in [-0.39, 0.29) is 16.1 Å². The Kier molecular flexibility index (Phi) is 3.13. The number of aromatic amines is 1. The molecule has 0 atom stereocenters. The fourth-order valence-electron chi connectivity index (χ4n) is 1.45. The number of alkyl halides is 3. The van der Waals surface area contributed by atoms with E-state index in [1.54, 1.807) is 0 Å². The van der Waals surface area contributed by atoms with Gasteiger partial charge in [-0.2, -0.15) is 13.2 Å². The van der Waals surface area contributed by atoms with Crippen molar-refractivity contribution in [3.8, 4) is 11.1 Å². The number of H-pyrrole nitrogens is 1. The molecule has 1 aromatic heterocycles. The van der Waals surface area contributed by atoms with Gasteiger partial charge in [0.05, 0.1) is 17.5 Å². The van der Waals surface area contributed by atoms with Gasteiger partial charge < -0.3 is 4.98 Å². The van der Waals surface area contributed by atoms with Crippen LogP contribution >= 0.6 is 11.6 Å². The van der Waals surface area contributed by atoms with Gasteiger partial charge in [-0.1, -0.05) is 17.7 Å². The Morgan fingerprint density at radius 2 is 1.94 bits per heavy atom. The van der Waals surface area contributed by atoms with Gasteiger partial charge in [0.2, 0.25) is 0 Å². The van der Waals surface area contributed by atoms with Crippen LogP contribution in [0.1, 0.15) is 5.56 Å². The number of nitrogens with one attached hydrogen (secondary N) is 1. The maximum Gasteiger partial charge on any atom is 0.416 e. The molecule has 94 valence electrons. The van der Waals surface area contributed by atoms with Crippen molar-refractivity contribution in [1.29, 1.82) is 0 Å². The molecule has 0 amide bonds. The molecule has 0 spiro atoms. The van der Waals surface area contributed by atoms with Gasteiger partial charge in [-0.05, 0) is 12.1 Å². The molecule has 18 heavy (non-hydrogen) atoms. The second-order valence-corrected chi connectivity index (χ2v) is 3.89. The summed E-state index contributed by atoms with van der Waals surface area (Å²) in [6.07, 6.45) is -2.04. The average Bonchev–Trinajstić information content (AvgIpc) is 2.29. The molecular weight excluding hydrogens is 269 g/mol. The van der Waals surface area contributed by atoms with Crippen LogP contribution in [-0.2, 0) is 6.18 Å². The van der Waals surface area contributed by atoms with Crippen molar-refractivity contribution in [2.24, 2.45) is 0 Å². The summed E-state index contributed by atoms with van der Waals surface area (Å²) in [5.41, 5.74) is -1.00. The quantitative estimate of drug-likeness (QED) is 0.868. The van der Waals surface area contributed by atoms with Crippen LogP contribution < -0.4 is 5.56 Å². The zero-order valence-corrected chi connectivity index (χ0v) is 9.51. The number of benzene rings is 1. The summed E-state index contributed by atoms with van der Waals surface area (Å²) >= 11 is 5.76. The maximum atomic E-state index is 12.4. The molecule has 0 aliphatic rings. The van der Waals surface area contributed by atoms with Crippen molar-refractivity contribution >= 4 is 11.6 Å². The first-order chi connectivity index (χ1) is 8.39. The molecule has 1 N–H and O–H groups in total. The van der Waals surface area contributed by atoms with Crippen LogP contribution in [0.15, 0.2) is 35.5 Å². The summed E-state index contributed by atoms with van der Waals surface area (Å²) in [5.74, 6) is 0. The van der Waals surface area contributed by atoms with Crippen LogP contribution in [0.25, 0.3) is 11.1 Å². The number of rotatable bonds is 1. The summed E-state index contributed by atoms with van der Waals surface area (Å²) < 4.78 is 37.3. The van der Waals surface area contributed by atoms with E-state index in [0.29, 0.717) is 0 Å². The van der Waals surface area contributed by atoms with Crippen molar-refractivity contribution in [3.05, 3.63) is 51.7 Å². The van der Waals surface area contributed by atoms with Gasteiger partial charge in [-0.15, -0.1) is 0 Å². The first kappa shape index (κ1) is 12.6. The minimum absolute atomic E-state index is 0.122. The van der Waals surface area contributed by atoms with E-state index in [2.05, 4.69) is 9.97 Å². The lowest BCUT2D eigenvalue weighted by atomic mass is 10.1. The molecule has 0 aliphatic heterocycles. The summed E-state index contributed by atoms with van der Waals surface area (Å²) in [7, 11) is 0. The smallest absolute Gasteiger partial charge is 0.313 e. The lowest BCUT2D eigenvalue weighted by molar-refractivity contribution is -0.137. The van der Waals surface area contributed by atoms with Crippen molar-refractivity contribution in [3.63, 3.8) is 0 Å². The van der Waals surface area contributed by atoms with Crippen molar-refractivity contribution in [1.82, 2.24) is 9.97 Å². The van der Waals surface area contributed by atoms with Crippen LogP contribution in [0.2, 0.25) is 5.02 Å². The standard InChI is InChI=1S/C11H6ClF3N2O/c12-9-3-6(11(13,14)15)1-2-7(9)8-4-16-5-17-10(8)18/h1-5H,(H,16,17,18). The van der Waals surface area contributed by atoms with E-state index < -0.39 is 17.3 Å². The van der Waals surface area contributed by atoms with Crippen LogP contribution in [-0.4, -0.2) is 9.97 Å². The van der Waals surface area contributed by atoms with Gasteiger partial charge in [-0.3, -0.25) is 4.79 Å².